The van der Waals surface area contributed by atoms with Crippen molar-refractivity contribution in [2.45, 2.75) is 51.7 Å². The van der Waals surface area contributed by atoms with E-state index in [1.165, 1.54) is 11.1 Å². The molecule has 4 N–H and O–H groups in total. The second kappa shape index (κ2) is 7.28. The number of hydrogen-bond donors (Lipinski definition) is 3. The quantitative estimate of drug-likeness (QED) is 0.794. The molecule has 2 aromatic carbocycles. The van der Waals surface area contributed by atoms with Crippen LogP contribution in [0.25, 0.3) is 11.1 Å². The lowest BCUT2D eigenvalue weighted by atomic mass is 9.91. The molecular formula is C21H26N2O2. The van der Waals surface area contributed by atoms with Crippen molar-refractivity contribution in [3.05, 3.63) is 53.1 Å². The molecule has 0 unspecified atom stereocenters. The van der Waals surface area contributed by atoms with Gasteiger partial charge in [-0.25, -0.2) is 0 Å². The predicted octanol–water partition coefficient (Wildman–Crippen LogP) is 3.78. The maximum atomic E-state index is 12.0. The van der Waals surface area contributed by atoms with Gasteiger partial charge >= 0.3 is 0 Å². The summed E-state index contributed by atoms with van der Waals surface area (Å²) in [7, 11) is 0. The molecule has 1 fully saturated rings. The third kappa shape index (κ3) is 3.85. The maximum Gasteiger partial charge on any atom is 0.250 e. The van der Waals surface area contributed by atoms with Crippen LogP contribution in [0.3, 0.4) is 0 Å². The molecule has 0 bridgehead atoms. The number of aryl methyl sites for hydroxylation is 2. The Bertz CT molecular complexity index is 757. The highest BCUT2D eigenvalue weighted by atomic mass is 16.3. The number of amides is 1. The van der Waals surface area contributed by atoms with Crippen LogP contribution in [0.1, 0.15) is 47.2 Å². The Hall–Kier alpha value is -2.33. The van der Waals surface area contributed by atoms with Crippen LogP contribution in [0.4, 0.5) is 5.69 Å². The molecule has 0 heterocycles. The standard InChI is InChI=1S/C21H26N2O2/c1-13-4-3-5-14(2)20(13)15-6-11-19(18(12-15)21(22)25)23-16-7-9-17(24)10-8-16/h3-6,11-12,16-17,23-24H,7-10H2,1-2H3,(H2,22,25)/t16-,17-. The molecule has 0 aromatic heterocycles. The Morgan fingerprint density at radius 3 is 2.32 bits per heavy atom. The van der Waals surface area contributed by atoms with E-state index < -0.39 is 5.91 Å². The zero-order valence-corrected chi connectivity index (χ0v) is 14.9. The lowest BCUT2D eigenvalue weighted by Gasteiger charge is -2.27. The van der Waals surface area contributed by atoms with Crippen molar-refractivity contribution >= 4 is 11.6 Å². The van der Waals surface area contributed by atoms with Crippen molar-refractivity contribution in [1.82, 2.24) is 0 Å². The van der Waals surface area contributed by atoms with E-state index in [0.717, 1.165) is 42.5 Å². The number of nitrogens with one attached hydrogen (secondary N) is 1. The third-order valence-electron chi connectivity index (χ3n) is 5.11. The van der Waals surface area contributed by atoms with Gasteiger partial charge in [-0.3, -0.25) is 4.79 Å². The largest absolute Gasteiger partial charge is 0.393 e. The molecule has 25 heavy (non-hydrogen) atoms. The van der Waals surface area contributed by atoms with Crippen molar-refractivity contribution in [2.24, 2.45) is 5.73 Å². The Balaban J connectivity index is 1.92. The molecule has 0 radical (unpaired) electrons. The number of carbonyl (C=O) groups excluding carboxylic acids is 1. The number of primary amides is 1. The molecule has 4 heteroatoms. The van der Waals surface area contributed by atoms with E-state index >= 15 is 0 Å². The van der Waals surface area contributed by atoms with E-state index in [2.05, 4.69) is 31.3 Å². The smallest absolute Gasteiger partial charge is 0.250 e. The molecule has 1 aliphatic carbocycles. The Morgan fingerprint density at radius 1 is 1.08 bits per heavy atom. The fourth-order valence-corrected chi connectivity index (χ4v) is 3.74. The van der Waals surface area contributed by atoms with E-state index in [9.17, 15) is 9.90 Å². The van der Waals surface area contributed by atoms with Crippen LogP contribution in [-0.4, -0.2) is 23.2 Å². The number of anilines is 1. The Labute approximate surface area is 149 Å². The van der Waals surface area contributed by atoms with Gasteiger partial charge in [-0.15, -0.1) is 0 Å². The van der Waals surface area contributed by atoms with Gasteiger partial charge in [0.25, 0.3) is 5.91 Å². The highest BCUT2D eigenvalue weighted by molar-refractivity contribution is 6.00. The van der Waals surface area contributed by atoms with Gasteiger partial charge in [-0.2, -0.15) is 0 Å². The first-order valence-electron chi connectivity index (χ1n) is 8.90. The van der Waals surface area contributed by atoms with E-state index in [-0.39, 0.29) is 12.1 Å². The molecule has 0 atom stereocenters. The number of nitrogens with two attached hydrogens (primary N) is 1. The number of aliphatic hydroxyl groups is 1. The van der Waals surface area contributed by atoms with Crippen LogP contribution in [0.5, 0.6) is 0 Å². The minimum atomic E-state index is -0.425. The van der Waals surface area contributed by atoms with Crippen molar-refractivity contribution in [1.29, 1.82) is 0 Å². The Kier molecular flexibility index (Phi) is 5.09. The van der Waals surface area contributed by atoms with Gasteiger partial charge in [0.05, 0.1) is 11.7 Å². The van der Waals surface area contributed by atoms with E-state index in [1.54, 1.807) is 0 Å². The van der Waals surface area contributed by atoms with E-state index in [4.69, 9.17) is 5.73 Å². The van der Waals surface area contributed by atoms with Gasteiger partial charge in [-0.1, -0.05) is 24.3 Å². The van der Waals surface area contributed by atoms with Gasteiger partial charge in [0.15, 0.2) is 0 Å². The fraction of sp³-hybridized carbons (Fsp3) is 0.381. The van der Waals surface area contributed by atoms with Crippen LogP contribution in [-0.2, 0) is 0 Å². The van der Waals surface area contributed by atoms with Gasteiger partial charge in [-0.05, 0) is 73.9 Å². The summed E-state index contributed by atoms with van der Waals surface area (Å²) in [5.74, 6) is -0.425. The normalized spacial score (nSPS) is 20.3. The first kappa shape index (κ1) is 17.5. The third-order valence-corrected chi connectivity index (χ3v) is 5.11. The molecule has 4 nitrogen and oxygen atoms in total. The number of aliphatic hydroxyl groups excluding tert-OH is 1. The molecule has 2 aromatic rings. The second-order valence-electron chi connectivity index (χ2n) is 7.04. The van der Waals surface area contributed by atoms with Gasteiger partial charge < -0.3 is 16.2 Å². The average molecular weight is 338 g/mol. The Morgan fingerprint density at radius 2 is 1.72 bits per heavy atom. The highest BCUT2D eigenvalue weighted by Crippen LogP contribution is 2.31. The summed E-state index contributed by atoms with van der Waals surface area (Å²) >= 11 is 0. The summed E-state index contributed by atoms with van der Waals surface area (Å²) in [5, 5.41) is 13.1. The van der Waals surface area contributed by atoms with Crippen molar-refractivity contribution in [2.75, 3.05) is 5.32 Å². The summed E-state index contributed by atoms with van der Waals surface area (Å²) in [6.07, 6.45) is 3.20. The highest BCUT2D eigenvalue weighted by Gasteiger charge is 2.21. The zero-order valence-electron chi connectivity index (χ0n) is 14.9. The first-order chi connectivity index (χ1) is 12.0. The summed E-state index contributed by atoms with van der Waals surface area (Å²) < 4.78 is 0. The van der Waals surface area contributed by atoms with Crippen molar-refractivity contribution < 1.29 is 9.90 Å². The lowest BCUT2D eigenvalue weighted by Crippen LogP contribution is -2.29. The van der Waals surface area contributed by atoms with Gasteiger partial charge in [0.1, 0.15) is 0 Å². The summed E-state index contributed by atoms with van der Waals surface area (Å²) in [6, 6.07) is 12.3. The number of carbonyl (C=O) groups is 1. The van der Waals surface area contributed by atoms with Gasteiger partial charge in [0.2, 0.25) is 0 Å². The molecule has 1 amide bonds. The zero-order chi connectivity index (χ0) is 18.0. The number of hydrogen-bond acceptors (Lipinski definition) is 3. The van der Waals surface area contributed by atoms with Crippen LogP contribution < -0.4 is 11.1 Å². The SMILES string of the molecule is Cc1cccc(C)c1-c1ccc(N[C@H]2CC[C@H](O)CC2)c(C(N)=O)c1. The second-order valence-corrected chi connectivity index (χ2v) is 7.04. The van der Waals surface area contributed by atoms with Crippen LogP contribution in [0.15, 0.2) is 36.4 Å². The van der Waals surface area contributed by atoms with Crippen LogP contribution in [0, 0.1) is 13.8 Å². The predicted molar refractivity (Wildman–Crippen MR) is 102 cm³/mol. The van der Waals surface area contributed by atoms with Crippen LogP contribution >= 0.6 is 0 Å². The molecule has 0 aliphatic heterocycles. The van der Waals surface area contributed by atoms with Gasteiger partial charge in [0, 0.05) is 11.7 Å². The molecule has 3 rings (SSSR count). The average Bonchev–Trinajstić information content (AvgIpc) is 2.57. The maximum absolute atomic E-state index is 12.0. The van der Waals surface area contributed by atoms with Crippen molar-refractivity contribution in [3.8, 4) is 11.1 Å². The number of rotatable bonds is 4. The molecule has 1 aliphatic rings. The monoisotopic (exact) mass is 338 g/mol. The molecule has 1 saturated carbocycles. The van der Waals surface area contributed by atoms with Crippen molar-refractivity contribution in [3.63, 3.8) is 0 Å². The summed E-state index contributed by atoms with van der Waals surface area (Å²) in [5.41, 5.74) is 11.5. The topological polar surface area (TPSA) is 75.3 Å². The minimum absolute atomic E-state index is 0.194. The van der Waals surface area contributed by atoms with E-state index in [1.807, 2.05) is 24.3 Å². The minimum Gasteiger partial charge on any atom is -0.393 e. The van der Waals surface area contributed by atoms with Crippen LogP contribution in [0.2, 0.25) is 0 Å². The molecule has 132 valence electrons. The number of benzene rings is 2. The molecule has 0 saturated heterocycles. The molecule has 0 spiro atoms. The lowest BCUT2D eigenvalue weighted by molar-refractivity contribution is 0.100. The first-order valence-corrected chi connectivity index (χ1v) is 8.90. The van der Waals surface area contributed by atoms with E-state index in [0.29, 0.717) is 5.56 Å². The molecular weight excluding hydrogens is 312 g/mol. The summed E-state index contributed by atoms with van der Waals surface area (Å²) in [4.78, 5) is 12.0. The summed E-state index contributed by atoms with van der Waals surface area (Å²) in [6.45, 7) is 4.15. The fourth-order valence-electron chi connectivity index (χ4n) is 3.74.